The van der Waals surface area contributed by atoms with Gasteiger partial charge in [0.05, 0.1) is 24.6 Å². The molecule has 114 valence electrons. The Bertz CT molecular complexity index is 567. The van der Waals surface area contributed by atoms with E-state index < -0.39 is 11.9 Å². The summed E-state index contributed by atoms with van der Waals surface area (Å²) in [5, 5.41) is 19.4. The fourth-order valence-electron chi connectivity index (χ4n) is 1.62. The number of aryl methyl sites for hydroxylation is 1. The molecule has 0 saturated heterocycles. The van der Waals surface area contributed by atoms with Gasteiger partial charge < -0.3 is 10.4 Å². The standard InChI is InChI=1S/C12H14F3N5O/c13-12(14,15)11-3-2-9(6-17-11)16-7-10-8-20(19-18-10)4-1-5-21/h2-3,6,8,16,21H,1,4-5,7H2. The Kier molecular flexibility index (Phi) is 4.73. The largest absolute Gasteiger partial charge is 0.433 e. The number of aliphatic hydroxyl groups excluding tert-OH is 1. The van der Waals surface area contributed by atoms with E-state index in [0.29, 0.717) is 30.9 Å². The molecule has 0 aliphatic rings. The predicted molar refractivity (Wildman–Crippen MR) is 68.3 cm³/mol. The molecule has 0 atom stereocenters. The number of nitrogens with zero attached hydrogens (tertiary/aromatic N) is 4. The first-order chi connectivity index (χ1) is 9.99. The third-order valence-corrected chi connectivity index (χ3v) is 2.66. The Morgan fingerprint density at radius 3 is 2.71 bits per heavy atom. The Morgan fingerprint density at radius 1 is 1.29 bits per heavy atom. The van der Waals surface area contributed by atoms with E-state index in [9.17, 15) is 13.2 Å². The highest BCUT2D eigenvalue weighted by Gasteiger charge is 2.31. The first kappa shape index (κ1) is 15.2. The lowest BCUT2D eigenvalue weighted by Crippen LogP contribution is -2.08. The first-order valence-corrected chi connectivity index (χ1v) is 6.26. The van der Waals surface area contributed by atoms with Gasteiger partial charge in [-0.15, -0.1) is 5.10 Å². The van der Waals surface area contributed by atoms with Crippen molar-refractivity contribution in [3.8, 4) is 0 Å². The quantitative estimate of drug-likeness (QED) is 0.849. The number of halogens is 3. The van der Waals surface area contributed by atoms with Gasteiger partial charge in [-0.3, -0.25) is 4.68 Å². The summed E-state index contributed by atoms with van der Waals surface area (Å²) in [6.45, 7) is 0.960. The number of nitrogens with one attached hydrogen (secondary N) is 1. The van der Waals surface area contributed by atoms with Crippen molar-refractivity contribution in [2.45, 2.75) is 25.7 Å². The summed E-state index contributed by atoms with van der Waals surface area (Å²) < 4.78 is 38.7. The van der Waals surface area contributed by atoms with Crippen LogP contribution < -0.4 is 5.32 Å². The van der Waals surface area contributed by atoms with E-state index in [2.05, 4.69) is 20.6 Å². The number of pyridine rings is 1. The SMILES string of the molecule is OCCCn1cc(CNc2ccc(C(F)(F)F)nc2)nn1. The summed E-state index contributed by atoms with van der Waals surface area (Å²) in [6.07, 6.45) is -1.02. The highest BCUT2D eigenvalue weighted by molar-refractivity contribution is 5.41. The number of rotatable bonds is 6. The molecular formula is C12H14F3N5O. The summed E-state index contributed by atoms with van der Waals surface area (Å²) in [7, 11) is 0. The van der Waals surface area contributed by atoms with Crippen molar-refractivity contribution < 1.29 is 18.3 Å². The van der Waals surface area contributed by atoms with E-state index in [0.717, 1.165) is 12.3 Å². The normalized spacial score (nSPS) is 11.6. The Labute approximate surface area is 118 Å². The molecule has 0 bridgehead atoms. The molecule has 2 aromatic heterocycles. The number of anilines is 1. The summed E-state index contributed by atoms with van der Waals surface area (Å²) >= 11 is 0. The molecule has 0 aliphatic carbocycles. The molecule has 9 heteroatoms. The van der Waals surface area contributed by atoms with Crippen LogP contribution in [0.15, 0.2) is 24.5 Å². The summed E-state index contributed by atoms with van der Waals surface area (Å²) in [5.41, 5.74) is 0.184. The lowest BCUT2D eigenvalue weighted by atomic mass is 10.3. The second-order valence-electron chi connectivity index (χ2n) is 4.33. The first-order valence-electron chi connectivity index (χ1n) is 6.26. The second kappa shape index (κ2) is 6.53. The number of alkyl halides is 3. The number of aliphatic hydroxyl groups is 1. The van der Waals surface area contributed by atoms with Crippen molar-refractivity contribution in [2.75, 3.05) is 11.9 Å². The fraction of sp³-hybridized carbons (Fsp3) is 0.417. The predicted octanol–water partition coefficient (Wildman–Crippen LogP) is 1.69. The smallest absolute Gasteiger partial charge is 0.396 e. The molecule has 2 rings (SSSR count). The van der Waals surface area contributed by atoms with Crippen molar-refractivity contribution in [3.63, 3.8) is 0 Å². The van der Waals surface area contributed by atoms with Gasteiger partial charge in [0.15, 0.2) is 0 Å². The summed E-state index contributed by atoms with van der Waals surface area (Å²) in [6, 6.07) is 2.23. The van der Waals surface area contributed by atoms with Gasteiger partial charge in [-0.2, -0.15) is 13.2 Å². The van der Waals surface area contributed by atoms with Gasteiger partial charge in [0.2, 0.25) is 0 Å². The highest BCUT2D eigenvalue weighted by Crippen LogP contribution is 2.27. The van der Waals surface area contributed by atoms with Crippen LogP contribution in [0, 0.1) is 0 Å². The summed E-state index contributed by atoms with van der Waals surface area (Å²) in [4.78, 5) is 3.35. The van der Waals surface area contributed by atoms with E-state index in [1.807, 2.05) is 0 Å². The lowest BCUT2D eigenvalue weighted by molar-refractivity contribution is -0.141. The molecule has 0 aromatic carbocycles. The minimum atomic E-state index is -4.44. The van der Waals surface area contributed by atoms with Gasteiger partial charge in [0.25, 0.3) is 0 Å². The molecule has 0 fully saturated rings. The van der Waals surface area contributed by atoms with Crippen LogP contribution in [-0.2, 0) is 19.3 Å². The van der Waals surface area contributed by atoms with Crippen LogP contribution in [0.5, 0.6) is 0 Å². The topological polar surface area (TPSA) is 75.9 Å². The van der Waals surface area contributed by atoms with E-state index in [1.165, 1.54) is 6.07 Å². The number of hydrogen-bond acceptors (Lipinski definition) is 5. The Morgan fingerprint density at radius 2 is 2.10 bits per heavy atom. The molecule has 6 nitrogen and oxygen atoms in total. The van der Waals surface area contributed by atoms with E-state index in [4.69, 9.17) is 5.11 Å². The van der Waals surface area contributed by atoms with E-state index in [1.54, 1.807) is 10.9 Å². The van der Waals surface area contributed by atoms with Gasteiger partial charge in [-0.05, 0) is 18.6 Å². The van der Waals surface area contributed by atoms with Crippen molar-refractivity contribution in [1.29, 1.82) is 0 Å². The van der Waals surface area contributed by atoms with Crippen LogP contribution in [0.25, 0.3) is 0 Å². The van der Waals surface area contributed by atoms with E-state index in [-0.39, 0.29) is 6.61 Å². The molecular weight excluding hydrogens is 287 g/mol. The zero-order chi connectivity index (χ0) is 15.3. The van der Waals surface area contributed by atoms with Crippen molar-refractivity contribution in [3.05, 3.63) is 35.9 Å². The zero-order valence-electron chi connectivity index (χ0n) is 11.0. The van der Waals surface area contributed by atoms with Gasteiger partial charge >= 0.3 is 6.18 Å². The number of aromatic nitrogens is 4. The van der Waals surface area contributed by atoms with Gasteiger partial charge in [-0.1, -0.05) is 5.21 Å². The molecule has 2 N–H and O–H groups in total. The van der Waals surface area contributed by atoms with Gasteiger partial charge in [0.1, 0.15) is 11.4 Å². The van der Waals surface area contributed by atoms with Crippen LogP contribution in [0.4, 0.5) is 18.9 Å². The average Bonchev–Trinajstić information content (AvgIpc) is 2.90. The van der Waals surface area contributed by atoms with Crippen LogP contribution in [0.2, 0.25) is 0 Å². The van der Waals surface area contributed by atoms with Crippen molar-refractivity contribution in [2.24, 2.45) is 0 Å². The minimum absolute atomic E-state index is 0.0741. The van der Waals surface area contributed by atoms with Crippen LogP contribution in [0.1, 0.15) is 17.8 Å². The molecule has 0 unspecified atom stereocenters. The molecule has 0 spiro atoms. The molecule has 0 aliphatic heterocycles. The highest BCUT2D eigenvalue weighted by atomic mass is 19.4. The minimum Gasteiger partial charge on any atom is -0.396 e. The zero-order valence-corrected chi connectivity index (χ0v) is 11.0. The monoisotopic (exact) mass is 301 g/mol. The van der Waals surface area contributed by atoms with Crippen LogP contribution in [0.3, 0.4) is 0 Å². The maximum atomic E-state index is 12.4. The third-order valence-electron chi connectivity index (χ3n) is 2.66. The van der Waals surface area contributed by atoms with Gasteiger partial charge in [-0.25, -0.2) is 4.98 Å². The van der Waals surface area contributed by atoms with Crippen molar-refractivity contribution >= 4 is 5.69 Å². The molecule has 21 heavy (non-hydrogen) atoms. The fourth-order valence-corrected chi connectivity index (χ4v) is 1.62. The number of hydrogen-bond donors (Lipinski definition) is 2. The molecule has 2 heterocycles. The Balaban J connectivity index is 1.89. The van der Waals surface area contributed by atoms with E-state index >= 15 is 0 Å². The molecule has 0 radical (unpaired) electrons. The maximum Gasteiger partial charge on any atom is 0.433 e. The Hall–Kier alpha value is -2.16. The third kappa shape index (κ3) is 4.42. The molecule has 0 amide bonds. The van der Waals surface area contributed by atoms with Crippen LogP contribution in [-0.4, -0.2) is 31.7 Å². The van der Waals surface area contributed by atoms with Gasteiger partial charge in [0, 0.05) is 13.2 Å². The summed E-state index contributed by atoms with van der Waals surface area (Å²) in [5.74, 6) is 0. The second-order valence-corrected chi connectivity index (χ2v) is 4.33. The maximum absolute atomic E-state index is 12.4. The molecule has 0 saturated carbocycles. The lowest BCUT2D eigenvalue weighted by Gasteiger charge is -2.07. The average molecular weight is 301 g/mol. The van der Waals surface area contributed by atoms with Crippen LogP contribution >= 0.6 is 0 Å². The van der Waals surface area contributed by atoms with Crippen molar-refractivity contribution in [1.82, 2.24) is 20.0 Å². The molecule has 2 aromatic rings.